The molecule has 1 aliphatic carbocycles. The first-order valence-corrected chi connectivity index (χ1v) is 6.09. The zero-order chi connectivity index (χ0) is 12.3. The third kappa shape index (κ3) is 3.22. The second kappa shape index (κ2) is 5.21. The van der Waals surface area contributed by atoms with E-state index in [1.807, 2.05) is 0 Å². The Labute approximate surface area is 102 Å². The van der Waals surface area contributed by atoms with Gasteiger partial charge in [0.15, 0.2) is 0 Å². The van der Waals surface area contributed by atoms with Crippen molar-refractivity contribution in [2.45, 2.75) is 26.2 Å². The van der Waals surface area contributed by atoms with Gasteiger partial charge < -0.3 is 15.8 Å². The Kier molecular flexibility index (Phi) is 3.66. The quantitative estimate of drug-likeness (QED) is 0.835. The van der Waals surface area contributed by atoms with Gasteiger partial charge in [-0.2, -0.15) is 9.97 Å². The monoisotopic (exact) mass is 236 g/mol. The van der Waals surface area contributed by atoms with Crippen molar-refractivity contribution in [3.05, 3.63) is 6.07 Å². The van der Waals surface area contributed by atoms with E-state index < -0.39 is 0 Å². The summed E-state index contributed by atoms with van der Waals surface area (Å²) >= 11 is 0. The van der Waals surface area contributed by atoms with Crippen LogP contribution in [-0.4, -0.2) is 23.6 Å². The van der Waals surface area contributed by atoms with Crippen LogP contribution in [0.3, 0.4) is 0 Å². The van der Waals surface area contributed by atoms with E-state index in [1.54, 1.807) is 13.2 Å². The first kappa shape index (κ1) is 12.0. The van der Waals surface area contributed by atoms with Crippen LogP contribution in [0.5, 0.6) is 5.88 Å². The average Bonchev–Trinajstić information content (AvgIpc) is 2.72. The highest BCUT2D eigenvalue weighted by Crippen LogP contribution is 2.30. The van der Waals surface area contributed by atoms with Crippen molar-refractivity contribution >= 4 is 11.8 Å². The van der Waals surface area contributed by atoms with Crippen molar-refractivity contribution < 1.29 is 4.74 Å². The Bertz CT molecular complexity index is 383. The van der Waals surface area contributed by atoms with Crippen molar-refractivity contribution in [2.75, 3.05) is 24.7 Å². The summed E-state index contributed by atoms with van der Waals surface area (Å²) in [4.78, 5) is 8.09. The predicted octanol–water partition coefficient (Wildman–Crippen LogP) is 1.92. The minimum atomic E-state index is 0.242. The highest BCUT2D eigenvalue weighted by atomic mass is 16.5. The Balaban J connectivity index is 1.92. The maximum Gasteiger partial charge on any atom is 0.225 e. The van der Waals surface area contributed by atoms with E-state index in [2.05, 4.69) is 22.2 Å². The van der Waals surface area contributed by atoms with Gasteiger partial charge in [-0.25, -0.2) is 0 Å². The summed E-state index contributed by atoms with van der Waals surface area (Å²) in [5, 5.41) is 3.31. The molecule has 0 bridgehead atoms. The zero-order valence-electron chi connectivity index (χ0n) is 10.4. The van der Waals surface area contributed by atoms with Crippen LogP contribution in [0.25, 0.3) is 0 Å². The van der Waals surface area contributed by atoms with Gasteiger partial charge in [0.1, 0.15) is 5.82 Å². The lowest BCUT2D eigenvalue weighted by atomic mass is 10.1. The number of ether oxygens (including phenoxy) is 1. The number of rotatable bonds is 4. The number of aromatic nitrogens is 2. The largest absolute Gasteiger partial charge is 0.481 e. The van der Waals surface area contributed by atoms with E-state index in [-0.39, 0.29) is 5.95 Å². The summed E-state index contributed by atoms with van der Waals surface area (Å²) in [6.07, 6.45) is 3.93. The van der Waals surface area contributed by atoms with E-state index in [4.69, 9.17) is 10.5 Å². The summed E-state index contributed by atoms with van der Waals surface area (Å²) in [5.74, 6) is 3.08. The normalized spacial score (nSPS) is 23.6. The number of methoxy groups -OCH3 is 1. The van der Waals surface area contributed by atoms with Crippen LogP contribution in [0, 0.1) is 11.8 Å². The van der Waals surface area contributed by atoms with E-state index in [0.717, 1.165) is 24.2 Å². The molecule has 0 aromatic carbocycles. The minimum absolute atomic E-state index is 0.242. The molecular formula is C12H20N4O. The molecule has 3 N–H and O–H groups in total. The topological polar surface area (TPSA) is 73.1 Å². The average molecular weight is 236 g/mol. The number of nitrogen functional groups attached to an aromatic ring is 1. The molecule has 94 valence electrons. The van der Waals surface area contributed by atoms with Crippen LogP contribution in [0.15, 0.2) is 6.07 Å². The lowest BCUT2D eigenvalue weighted by molar-refractivity contribution is 0.398. The second-order valence-electron chi connectivity index (χ2n) is 4.82. The smallest absolute Gasteiger partial charge is 0.225 e. The van der Waals surface area contributed by atoms with Crippen LogP contribution < -0.4 is 15.8 Å². The maximum absolute atomic E-state index is 5.60. The molecule has 0 aliphatic heterocycles. The molecule has 1 aromatic heterocycles. The fourth-order valence-electron chi connectivity index (χ4n) is 2.40. The molecule has 0 radical (unpaired) electrons. The van der Waals surface area contributed by atoms with Crippen molar-refractivity contribution in [2.24, 2.45) is 11.8 Å². The van der Waals surface area contributed by atoms with Gasteiger partial charge in [0.25, 0.3) is 0 Å². The standard InChI is InChI=1S/C12H20N4O/c1-8-3-4-9(5-8)7-14-10-6-11(17-2)16-12(13)15-10/h6,8-9H,3-5,7H2,1-2H3,(H3,13,14,15,16). The van der Waals surface area contributed by atoms with Gasteiger partial charge in [-0.3, -0.25) is 0 Å². The van der Waals surface area contributed by atoms with Crippen LogP contribution in [0.2, 0.25) is 0 Å². The molecule has 5 heteroatoms. The van der Waals surface area contributed by atoms with Crippen molar-refractivity contribution in [1.82, 2.24) is 9.97 Å². The van der Waals surface area contributed by atoms with Gasteiger partial charge in [-0.05, 0) is 24.7 Å². The lowest BCUT2D eigenvalue weighted by Crippen LogP contribution is -2.13. The van der Waals surface area contributed by atoms with Crippen LogP contribution in [0.1, 0.15) is 26.2 Å². The SMILES string of the molecule is COc1cc(NCC2CCC(C)C2)nc(N)n1. The third-order valence-corrected chi connectivity index (χ3v) is 3.30. The Hall–Kier alpha value is -1.52. The highest BCUT2D eigenvalue weighted by Gasteiger charge is 2.21. The molecule has 1 saturated carbocycles. The second-order valence-corrected chi connectivity index (χ2v) is 4.82. The van der Waals surface area contributed by atoms with Crippen molar-refractivity contribution in [1.29, 1.82) is 0 Å². The Morgan fingerprint density at radius 3 is 2.94 bits per heavy atom. The molecular weight excluding hydrogens is 216 g/mol. The van der Waals surface area contributed by atoms with E-state index >= 15 is 0 Å². The minimum Gasteiger partial charge on any atom is -0.481 e. The lowest BCUT2D eigenvalue weighted by Gasteiger charge is -2.12. The number of hydrogen-bond acceptors (Lipinski definition) is 5. The maximum atomic E-state index is 5.60. The fraction of sp³-hybridized carbons (Fsp3) is 0.667. The first-order chi connectivity index (χ1) is 8.17. The number of hydrogen-bond donors (Lipinski definition) is 2. The third-order valence-electron chi connectivity index (χ3n) is 3.30. The Morgan fingerprint density at radius 1 is 1.47 bits per heavy atom. The van der Waals surface area contributed by atoms with E-state index in [0.29, 0.717) is 5.88 Å². The molecule has 0 saturated heterocycles. The number of anilines is 2. The van der Waals surface area contributed by atoms with Crippen molar-refractivity contribution in [3.8, 4) is 5.88 Å². The molecule has 1 fully saturated rings. The van der Waals surface area contributed by atoms with Gasteiger partial charge in [-0.15, -0.1) is 0 Å². The Morgan fingerprint density at radius 2 is 2.29 bits per heavy atom. The van der Waals surface area contributed by atoms with Gasteiger partial charge in [0.2, 0.25) is 11.8 Å². The molecule has 0 spiro atoms. The summed E-state index contributed by atoms with van der Waals surface area (Å²) < 4.78 is 5.05. The summed E-state index contributed by atoms with van der Waals surface area (Å²) in [6, 6.07) is 1.77. The van der Waals surface area contributed by atoms with Crippen molar-refractivity contribution in [3.63, 3.8) is 0 Å². The van der Waals surface area contributed by atoms with Crippen LogP contribution in [0.4, 0.5) is 11.8 Å². The van der Waals surface area contributed by atoms with Crippen LogP contribution in [-0.2, 0) is 0 Å². The molecule has 17 heavy (non-hydrogen) atoms. The van der Waals surface area contributed by atoms with Gasteiger partial charge in [-0.1, -0.05) is 13.3 Å². The number of nitrogens with one attached hydrogen (secondary N) is 1. The summed E-state index contributed by atoms with van der Waals surface area (Å²) in [5.41, 5.74) is 5.60. The summed E-state index contributed by atoms with van der Waals surface area (Å²) in [7, 11) is 1.57. The number of nitrogens with zero attached hydrogens (tertiary/aromatic N) is 2. The summed E-state index contributed by atoms with van der Waals surface area (Å²) in [6.45, 7) is 3.26. The van der Waals surface area contributed by atoms with Gasteiger partial charge in [0.05, 0.1) is 7.11 Å². The molecule has 1 aromatic rings. The zero-order valence-corrected chi connectivity index (χ0v) is 10.4. The molecule has 2 unspecified atom stereocenters. The molecule has 2 atom stereocenters. The molecule has 0 amide bonds. The molecule has 1 aliphatic rings. The van der Waals surface area contributed by atoms with E-state index in [9.17, 15) is 0 Å². The first-order valence-electron chi connectivity index (χ1n) is 6.09. The van der Waals surface area contributed by atoms with Gasteiger partial charge >= 0.3 is 0 Å². The van der Waals surface area contributed by atoms with E-state index in [1.165, 1.54) is 19.3 Å². The predicted molar refractivity (Wildman–Crippen MR) is 68.0 cm³/mol. The highest BCUT2D eigenvalue weighted by molar-refractivity contribution is 5.42. The molecule has 2 rings (SSSR count). The molecule has 5 nitrogen and oxygen atoms in total. The molecule has 1 heterocycles. The van der Waals surface area contributed by atoms with Crippen LogP contribution >= 0.6 is 0 Å². The number of nitrogens with two attached hydrogens (primary N) is 1. The van der Waals surface area contributed by atoms with Gasteiger partial charge in [0, 0.05) is 12.6 Å². The fourth-order valence-corrected chi connectivity index (χ4v) is 2.40.